The Morgan fingerprint density at radius 3 is 2.59 bits per heavy atom. The van der Waals surface area contributed by atoms with E-state index >= 15 is 0 Å². The first kappa shape index (κ1) is 10.0. The Bertz CT molecular complexity index is 571. The van der Waals surface area contributed by atoms with Crippen LogP contribution in [-0.4, -0.2) is 25.8 Å². The predicted octanol–water partition coefficient (Wildman–Crippen LogP) is 0.885. The summed E-state index contributed by atoms with van der Waals surface area (Å²) in [5, 5.41) is 10.1. The van der Waals surface area contributed by atoms with Crippen LogP contribution in [0.5, 0.6) is 0 Å². The molecule has 2 atom stereocenters. The number of fused-ring (bicyclic) bond motifs is 1. The van der Waals surface area contributed by atoms with Crippen LogP contribution in [0.4, 0.5) is 0 Å². The van der Waals surface area contributed by atoms with E-state index in [-0.39, 0.29) is 11.5 Å². The molecule has 1 N–H and O–H groups in total. The molecule has 1 aliphatic carbocycles. The Balaban J connectivity index is 2.10. The molecule has 0 fully saturated rings. The van der Waals surface area contributed by atoms with Gasteiger partial charge in [-0.1, -0.05) is 6.07 Å². The number of hydrogen-bond donors (Lipinski definition) is 1. The molecular formula is C12H9N3O2. The second-order valence-electron chi connectivity index (χ2n) is 3.83. The molecule has 2 heterocycles. The molecule has 0 saturated heterocycles. The Hall–Kier alpha value is -2.14. The first-order valence-electron chi connectivity index (χ1n) is 5.23. The molecule has 5 nitrogen and oxygen atoms in total. The fourth-order valence-electron chi connectivity index (χ4n) is 2.06. The van der Waals surface area contributed by atoms with Crippen molar-refractivity contribution in [3.05, 3.63) is 53.9 Å². The summed E-state index contributed by atoms with van der Waals surface area (Å²) >= 11 is 0. The molecule has 0 aromatic carbocycles. The van der Waals surface area contributed by atoms with Crippen LogP contribution in [0.1, 0.15) is 33.9 Å². The summed E-state index contributed by atoms with van der Waals surface area (Å²) in [5.74, 6) is -0.909. The number of carbonyl (C=O) groups is 1. The minimum atomic E-state index is -0.957. The SMILES string of the molecule is O=C1c2nccnc2C(O)C1c1ccccn1. The summed E-state index contributed by atoms with van der Waals surface area (Å²) in [6.07, 6.45) is 3.56. The van der Waals surface area contributed by atoms with E-state index in [4.69, 9.17) is 0 Å². The van der Waals surface area contributed by atoms with Crippen LogP contribution in [0.25, 0.3) is 0 Å². The zero-order valence-electron chi connectivity index (χ0n) is 8.82. The number of hydrogen-bond acceptors (Lipinski definition) is 5. The lowest BCUT2D eigenvalue weighted by atomic mass is 9.99. The van der Waals surface area contributed by atoms with Crippen LogP contribution >= 0.6 is 0 Å². The number of ketones is 1. The topological polar surface area (TPSA) is 76.0 Å². The zero-order valence-corrected chi connectivity index (χ0v) is 8.82. The van der Waals surface area contributed by atoms with Gasteiger partial charge in [0.15, 0.2) is 5.78 Å². The van der Waals surface area contributed by atoms with Gasteiger partial charge in [-0.05, 0) is 12.1 Å². The lowest BCUT2D eigenvalue weighted by Crippen LogP contribution is -2.13. The van der Waals surface area contributed by atoms with Gasteiger partial charge in [0.25, 0.3) is 0 Å². The molecule has 0 bridgehead atoms. The molecule has 0 radical (unpaired) electrons. The van der Waals surface area contributed by atoms with E-state index < -0.39 is 12.0 Å². The van der Waals surface area contributed by atoms with Crippen molar-refractivity contribution in [2.75, 3.05) is 0 Å². The highest BCUT2D eigenvalue weighted by molar-refractivity contribution is 6.03. The zero-order chi connectivity index (χ0) is 11.8. The number of nitrogens with zero attached hydrogens (tertiary/aromatic N) is 3. The molecule has 5 heteroatoms. The second-order valence-corrected chi connectivity index (χ2v) is 3.83. The van der Waals surface area contributed by atoms with Gasteiger partial charge in [-0.2, -0.15) is 0 Å². The molecule has 0 saturated carbocycles. The summed E-state index contributed by atoms with van der Waals surface area (Å²) in [5.41, 5.74) is 1.13. The minimum Gasteiger partial charge on any atom is -0.386 e. The van der Waals surface area contributed by atoms with E-state index in [9.17, 15) is 9.90 Å². The Labute approximate surface area is 97.2 Å². The first-order valence-corrected chi connectivity index (χ1v) is 5.23. The summed E-state index contributed by atoms with van der Waals surface area (Å²) in [6.45, 7) is 0. The molecule has 0 amide bonds. The van der Waals surface area contributed by atoms with Gasteiger partial charge in [-0.15, -0.1) is 0 Å². The average Bonchev–Trinajstić information content (AvgIpc) is 2.64. The van der Waals surface area contributed by atoms with E-state index in [0.717, 1.165) is 0 Å². The summed E-state index contributed by atoms with van der Waals surface area (Å²) in [6, 6.07) is 5.27. The third kappa shape index (κ3) is 1.43. The van der Waals surface area contributed by atoms with Crippen molar-refractivity contribution < 1.29 is 9.90 Å². The third-order valence-electron chi connectivity index (χ3n) is 2.84. The van der Waals surface area contributed by atoms with Crippen LogP contribution < -0.4 is 0 Å². The van der Waals surface area contributed by atoms with Gasteiger partial charge >= 0.3 is 0 Å². The van der Waals surface area contributed by atoms with Crippen molar-refractivity contribution in [2.24, 2.45) is 0 Å². The fraction of sp³-hybridized carbons (Fsp3) is 0.167. The van der Waals surface area contributed by atoms with Gasteiger partial charge < -0.3 is 5.11 Å². The maximum Gasteiger partial charge on any atom is 0.195 e. The third-order valence-corrected chi connectivity index (χ3v) is 2.84. The number of Topliss-reactive ketones (excluding diaryl/α,β-unsaturated/α-hetero) is 1. The molecule has 3 rings (SSSR count). The molecule has 1 aliphatic rings. The minimum absolute atomic E-state index is 0.223. The van der Waals surface area contributed by atoms with Crippen LogP contribution in [0, 0.1) is 0 Å². The lowest BCUT2D eigenvalue weighted by Gasteiger charge is -2.11. The molecule has 0 aliphatic heterocycles. The predicted molar refractivity (Wildman–Crippen MR) is 58.3 cm³/mol. The van der Waals surface area contributed by atoms with E-state index in [1.807, 2.05) is 0 Å². The lowest BCUT2D eigenvalue weighted by molar-refractivity contribution is 0.0862. The van der Waals surface area contributed by atoms with Crippen molar-refractivity contribution in [1.29, 1.82) is 0 Å². The molecule has 2 aromatic heterocycles. The number of aromatic nitrogens is 3. The van der Waals surface area contributed by atoms with Crippen molar-refractivity contribution in [2.45, 2.75) is 12.0 Å². The molecular weight excluding hydrogens is 218 g/mol. The molecule has 17 heavy (non-hydrogen) atoms. The summed E-state index contributed by atoms with van der Waals surface area (Å²) in [4.78, 5) is 24.2. The maximum atomic E-state index is 12.1. The van der Waals surface area contributed by atoms with Gasteiger partial charge in [-0.25, -0.2) is 4.98 Å². The Morgan fingerprint density at radius 2 is 1.88 bits per heavy atom. The Morgan fingerprint density at radius 1 is 1.06 bits per heavy atom. The van der Waals surface area contributed by atoms with Crippen molar-refractivity contribution in [3.63, 3.8) is 0 Å². The highest BCUT2D eigenvalue weighted by atomic mass is 16.3. The number of aliphatic hydroxyl groups is 1. The van der Waals surface area contributed by atoms with Gasteiger partial charge in [0.05, 0.1) is 17.3 Å². The highest BCUT2D eigenvalue weighted by Gasteiger charge is 2.42. The largest absolute Gasteiger partial charge is 0.386 e. The number of aliphatic hydroxyl groups excluding tert-OH is 1. The van der Waals surface area contributed by atoms with Gasteiger partial charge in [0.1, 0.15) is 11.8 Å². The number of carbonyl (C=O) groups excluding carboxylic acids is 1. The normalized spacial score (nSPS) is 22.5. The average molecular weight is 227 g/mol. The van der Waals surface area contributed by atoms with E-state index in [1.54, 1.807) is 24.4 Å². The summed E-state index contributed by atoms with van der Waals surface area (Å²) < 4.78 is 0. The smallest absolute Gasteiger partial charge is 0.195 e. The maximum absolute atomic E-state index is 12.1. The second kappa shape index (κ2) is 3.71. The van der Waals surface area contributed by atoms with Crippen LogP contribution in [-0.2, 0) is 0 Å². The van der Waals surface area contributed by atoms with E-state index in [1.165, 1.54) is 12.4 Å². The number of rotatable bonds is 1. The molecule has 2 aromatic rings. The van der Waals surface area contributed by atoms with Gasteiger partial charge in [0, 0.05) is 18.6 Å². The van der Waals surface area contributed by atoms with Gasteiger partial charge in [-0.3, -0.25) is 14.8 Å². The van der Waals surface area contributed by atoms with Crippen LogP contribution in [0.2, 0.25) is 0 Å². The fourth-order valence-corrected chi connectivity index (χ4v) is 2.06. The van der Waals surface area contributed by atoms with Crippen LogP contribution in [0.3, 0.4) is 0 Å². The standard InChI is InChI=1S/C12H9N3O2/c16-11-8(7-3-1-2-4-13-7)12(17)10-9(11)14-5-6-15-10/h1-6,8,11,16H. The highest BCUT2D eigenvalue weighted by Crippen LogP contribution is 2.39. The van der Waals surface area contributed by atoms with E-state index in [2.05, 4.69) is 15.0 Å². The Kier molecular flexibility index (Phi) is 2.19. The van der Waals surface area contributed by atoms with E-state index in [0.29, 0.717) is 11.4 Å². The number of pyridine rings is 1. The molecule has 0 spiro atoms. The monoisotopic (exact) mass is 227 g/mol. The first-order chi connectivity index (χ1) is 8.29. The quantitative estimate of drug-likeness (QED) is 0.782. The summed E-state index contributed by atoms with van der Waals surface area (Å²) in [7, 11) is 0. The van der Waals surface area contributed by atoms with Crippen LogP contribution in [0.15, 0.2) is 36.8 Å². The van der Waals surface area contributed by atoms with Gasteiger partial charge in [0.2, 0.25) is 0 Å². The van der Waals surface area contributed by atoms with Crippen molar-refractivity contribution in [3.8, 4) is 0 Å². The molecule has 84 valence electrons. The van der Waals surface area contributed by atoms with Crippen molar-refractivity contribution in [1.82, 2.24) is 15.0 Å². The molecule has 2 unspecified atom stereocenters. The van der Waals surface area contributed by atoms with Crippen molar-refractivity contribution >= 4 is 5.78 Å².